The van der Waals surface area contributed by atoms with Crippen molar-refractivity contribution in [3.63, 3.8) is 0 Å². The van der Waals surface area contributed by atoms with Crippen molar-refractivity contribution in [3.8, 4) is 0 Å². The average molecular weight is 218 g/mol. The van der Waals surface area contributed by atoms with E-state index in [0.29, 0.717) is 0 Å². The fourth-order valence-electron chi connectivity index (χ4n) is 2.33. The van der Waals surface area contributed by atoms with Crippen molar-refractivity contribution in [2.75, 3.05) is 25.5 Å². The Hall–Kier alpha value is -1.51. The monoisotopic (exact) mass is 218 g/mol. The van der Waals surface area contributed by atoms with Crippen LogP contribution in [0, 0.1) is 0 Å². The third-order valence-corrected chi connectivity index (χ3v) is 3.41. The van der Waals surface area contributed by atoms with Crippen molar-refractivity contribution < 1.29 is 4.79 Å². The van der Waals surface area contributed by atoms with E-state index in [0.717, 1.165) is 13.0 Å². The van der Waals surface area contributed by atoms with Gasteiger partial charge >= 0.3 is 0 Å². The van der Waals surface area contributed by atoms with Crippen molar-refractivity contribution in [1.29, 1.82) is 0 Å². The Labute approximate surface area is 96.7 Å². The molecule has 0 spiro atoms. The van der Waals surface area contributed by atoms with Gasteiger partial charge in [0.05, 0.1) is 6.04 Å². The van der Waals surface area contributed by atoms with E-state index >= 15 is 0 Å². The summed E-state index contributed by atoms with van der Waals surface area (Å²) in [7, 11) is 3.98. The molecule has 3 heteroatoms. The normalized spacial score (nSPS) is 19.2. The van der Waals surface area contributed by atoms with Crippen LogP contribution in [0.5, 0.6) is 0 Å². The number of amides is 1. The highest BCUT2D eigenvalue weighted by molar-refractivity contribution is 5.74. The molecule has 0 aromatic heterocycles. The Morgan fingerprint density at radius 1 is 1.44 bits per heavy atom. The lowest BCUT2D eigenvalue weighted by atomic mass is 9.95. The van der Waals surface area contributed by atoms with Crippen LogP contribution in [0.15, 0.2) is 24.3 Å². The van der Waals surface area contributed by atoms with E-state index in [4.69, 9.17) is 0 Å². The van der Waals surface area contributed by atoms with E-state index in [1.807, 2.05) is 24.1 Å². The molecule has 0 aliphatic carbocycles. The van der Waals surface area contributed by atoms with Gasteiger partial charge in [-0.05, 0) is 18.1 Å². The summed E-state index contributed by atoms with van der Waals surface area (Å²) in [5, 5.41) is 0. The third kappa shape index (κ3) is 1.77. The van der Waals surface area contributed by atoms with Crippen LogP contribution in [0.2, 0.25) is 0 Å². The Morgan fingerprint density at radius 2 is 2.12 bits per heavy atom. The van der Waals surface area contributed by atoms with Crippen LogP contribution < -0.4 is 4.90 Å². The Morgan fingerprint density at radius 3 is 2.81 bits per heavy atom. The van der Waals surface area contributed by atoms with Gasteiger partial charge in [-0.3, -0.25) is 4.79 Å². The molecule has 0 bridgehead atoms. The summed E-state index contributed by atoms with van der Waals surface area (Å²) >= 11 is 0. The Bertz CT molecular complexity index is 403. The second-order valence-electron chi connectivity index (χ2n) is 4.41. The molecule has 1 aromatic rings. The first-order valence-electron chi connectivity index (χ1n) is 5.64. The molecular formula is C13H18N2O. The number of rotatable bonds is 1. The fraction of sp³-hybridized carbons (Fsp3) is 0.462. The summed E-state index contributed by atoms with van der Waals surface area (Å²) in [6.45, 7) is 2.63. The van der Waals surface area contributed by atoms with Crippen LogP contribution in [0.1, 0.15) is 24.9 Å². The van der Waals surface area contributed by atoms with E-state index in [1.54, 1.807) is 6.92 Å². The molecule has 16 heavy (non-hydrogen) atoms. The lowest BCUT2D eigenvalue weighted by Gasteiger charge is -2.37. The molecule has 86 valence electrons. The number of hydrogen-bond acceptors (Lipinski definition) is 2. The first kappa shape index (κ1) is 11.0. The number of fused-ring (bicyclic) bond motifs is 1. The molecule has 1 aliphatic rings. The number of carbonyl (C=O) groups excluding carboxylic acids is 1. The van der Waals surface area contributed by atoms with E-state index in [-0.39, 0.29) is 11.9 Å². The van der Waals surface area contributed by atoms with Gasteiger partial charge in [0.1, 0.15) is 0 Å². The van der Waals surface area contributed by atoms with E-state index < -0.39 is 0 Å². The molecule has 3 nitrogen and oxygen atoms in total. The molecule has 0 fully saturated rings. The molecular weight excluding hydrogens is 200 g/mol. The maximum absolute atomic E-state index is 11.4. The van der Waals surface area contributed by atoms with Gasteiger partial charge in [0.25, 0.3) is 0 Å². The molecule has 0 saturated carbocycles. The topological polar surface area (TPSA) is 23.6 Å². The van der Waals surface area contributed by atoms with Gasteiger partial charge < -0.3 is 9.80 Å². The summed E-state index contributed by atoms with van der Waals surface area (Å²) in [4.78, 5) is 15.5. The average Bonchev–Trinajstić information content (AvgIpc) is 2.29. The minimum absolute atomic E-state index is 0.129. The largest absolute Gasteiger partial charge is 0.374 e. The van der Waals surface area contributed by atoms with E-state index in [1.165, 1.54) is 11.3 Å². The molecule has 0 N–H and O–H groups in total. The summed E-state index contributed by atoms with van der Waals surface area (Å²) < 4.78 is 0. The molecule has 1 aromatic carbocycles. The van der Waals surface area contributed by atoms with Gasteiger partial charge in [0.15, 0.2) is 0 Å². The number of anilines is 1. The van der Waals surface area contributed by atoms with Crippen LogP contribution >= 0.6 is 0 Å². The maximum Gasteiger partial charge on any atom is 0.219 e. The number of nitrogens with zero attached hydrogens (tertiary/aromatic N) is 2. The highest BCUT2D eigenvalue weighted by atomic mass is 16.2. The highest BCUT2D eigenvalue weighted by Crippen LogP contribution is 2.35. The highest BCUT2D eigenvalue weighted by Gasteiger charge is 2.26. The quantitative estimate of drug-likeness (QED) is 0.720. The molecule has 1 unspecified atom stereocenters. The van der Waals surface area contributed by atoms with Gasteiger partial charge in [-0.1, -0.05) is 18.2 Å². The van der Waals surface area contributed by atoms with Gasteiger partial charge in [0.2, 0.25) is 5.91 Å². The summed E-state index contributed by atoms with van der Waals surface area (Å²) in [5.74, 6) is 0.129. The van der Waals surface area contributed by atoms with Crippen LogP contribution in [-0.4, -0.2) is 31.4 Å². The number of carbonyl (C=O) groups is 1. The predicted molar refractivity (Wildman–Crippen MR) is 65.5 cm³/mol. The maximum atomic E-state index is 11.4. The number of benzene rings is 1. The zero-order valence-corrected chi connectivity index (χ0v) is 10.1. The first-order chi connectivity index (χ1) is 7.61. The lowest BCUT2D eigenvalue weighted by molar-refractivity contribution is -0.129. The number of para-hydroxylation sites is 1. The molecule has 1 aliphatic heterocycles. The second kappa shape index (κ2) is 4.16. The van der Waals surface area contributed by atoms with Crippen molar-refractivity contribution >= 4 is 11.6 Å². The zero-order chi connectivity index (χ0) is 11.7. The zero-order valence-electron chi connectivity index (χ0n) is 10.1. The predicted octanol–water partition coefficient (Wildman–Crippen LogP) is 2.05. The second-order valence-corrected chi connectivity index (χ2v) is 4.41. The number of hydrogen-bond donors (Lipinski definition) is 0. The van der Waals surface area contributed by atoms with Crippen molar-refractivity contribution in [3.05, 3.63) is 29.8 Å². The smallest absolute Gasteiger partial charge is 0.219 e. The minimum Gasteiger partial charge on any atom is -0.374 e. The van der Waals surface area contributed by atoms with Crippen LogP contribution in [0.25, 0.3) is 0 Å². The molecule has 0 saturated heterocycles. The van der Waals surface area contributed by atoms with Gasteiger partial charge in [-0.2, -0.15) is 0 Å². The van der Waals surface area contributed by atoms with Crippen LogP contribution in [0.4, 0.5) is 5.69 Å². The molecule has 1 heterocycles. The van der Waals surface area contributed by atoms with Crippen molar-refractivity contribution in [2.45, 2.75) is 19.4 Å². The summed E-state index contributed by atoms with van der Waals surface area (Å²) in [6, 6.07) is 8.56. The van der Waals surface area contributed by atoms with Crippen molar-refractivity contribution in [2.24, 2.45) is 0 Å². The van der Waals surface area contributed by atoms with Crippen LogP contribution in [0.3, 0.4) is 0 Å². The summed E-state index contributed by atoms with van der Waals surface area (Å²) in [5.41, 5.74) is 2.50. The minimum atomic E-state index is 0.129. The van der Waals surface area contributed by atoms with Crippen LogP contribution in [-0.2, 0) is 4.79 Å². The SMILES string of the molecule is CC(=O)N(C)C1CCN(C)c2ccccc21. The fourth-order valence-corrected chi connectivity index (χ4v) is 2.33. The van der Waals surface area contributed by atoms with Gasteiger partial charge in [-0.25, -0.2) is 0 Å². The Balaban J connectivity index is 2.38. The first-order valence-corrected chi connectivity index (χ1v) is 5.64. The molecule has 2 rings (SSSR count). The molecule has 0 radical (unpaired) electrons. The van der Waals surface area contributed by atoms with E-state index in [2.05, 4.69) is 24.1 Å². The molecule has 1 amide bonds. The van der Waals surface area contributed by atoms with Gasteiger partial charge in [0, 0.05) is 33.3 Å². The summed E-state index contributed by atoms with van der Waals surface area (Å²) in [6.07, 6.45) is 1.00. The van der Waals surface area contributed by atoms with Gasteiger partial charge in [-0.15, -0.1) is 0 Å². The standard InChI is InChI=1S/C13H18N2O/c1-10(16)15(3)13-8-9-14(2)12-7-5-4-6-11(12)13/h4-7,13H,8-9H2,1-3H3. The Kier molecular flexibility index (Phi) is 2.86. The van der Waals surface area contributed by atoms with E-state index in [9.17, 15) is 4.79 Å². The molecule has 1 atom stereocenters. The van der Waals surface area contributed by atoms with Crippen molar-refractivity contribution in [1.82, 2.24) is 4.90 Å². The lowest BCUT2D eigenvalue weighted by Crippen LogP contribution is -2.36. The third-order valence-electron chi connectivity index (χ3n) is 3.41.